The molecule has 0 aliphatic heterocycles. The molecular weight excluding hydrogens is 284 g/mol. The average Bonchev–Trinajstić information content (AvgIpc) is 2.90. The zero-order valence-corrected chi connectivity index (χ0v) is 12.3. The van der Waals surface area contributed by atoms with Gasteiger partial charge in [0.1, 0.15) is 5.76 Å². The van der Waals surface area contributed by atoms with Gasteiger partial charge < -0.3 is 9.84 Å². The van der Waals surface area contributed by atoms with E-state index in [1.807, 2.05) is 24.3 Å². The first-order valence-corrected chi connectivity index (χ1v) is 7.55. The number of hydrogen-bond acceptors (Lipinski definition) is 4. The van der Waals surface area contributed by atoms with Crippen LogP contribution in [0, 0.1) is 6.92 Å². The molecular formula is C16H14N2O2S. The molecule has 1 heterocycles. The molecule has 0 atom stereocenters. The van der Waals surface area contributed by atoms with Crippen LogP contribution in [0.3, 0.4) is 0 Å². The van der Waals surface area contributed by atoms with E-state index in [1.165, 1.54) is 17.1 Å². The normalized spacial score (nSPS) is 10.7. The highest BCUT2D eigenvalue weighted by Gasteiger charge is 2.08. The van der Waals surface area contributed by atoms with Crippen molar-refractivity contribution in [3.05, 3.63) is 54.3 Å². The number of aryl methyl sites for hydroxylation is 1. The second-order valence-electron chi connectivity index (χ2n) is 4.64. The van der Waals surface area contributed by atoms with Crippen molar-refractivity contribution in [2.24, 2.45) is 0 Å². The summed E-state index contributed by atoms with van der Waals surface area (Å²) in [6.07, 6.45) is 0. The molecule has 4 nitrogen and oxygen atoms in total. The van der Waals surface area contributed by atoms with Gasteiger partial charge in [-0.2, -0.15) is 0 Å². The number of anilines is 1. The number of rotatable bonds is 4. The van der Waals surface area contributed by atoms with Gasteiger partial charge in [-0.25, -0.2) is 0 Å². The van der Waals surface area contributed by atoms with Gasteiger partial charge in [0.15, 0.2) is 5.82 Å². The molecule has 5 heteroatoms. The number of nitrogens with one attached hydrogen (secondary N) is 1. The Hall–Kier alpha value is -2.27. The Kier molecular flexibility index (Phi) is 3.92. The summed E-state index contributed by atoms with van der Waals surface area (Å²) in [5.74, 6) is 1.36. The number of aromatic nitrogens is 1. The summed E-state index contributed by atoms with van der Waals surface area (Å²) >= 11 is 1.51. The number of nitrogens with zero attached hydrogens (tertiary/aromatic N) is 1. The van der Waals surface area contributed by atoms with Gasteiger partial charge in [-0.3, -0.25) is 4.79 Å². The van der Waals surface area contributed by atoms with E-state index in [0.29, 0.717) is 17.3 Å². The Morgan fingerprint density at radius 2 is 2.05 bits per heavy atom. The van der Waals surface area contributed by atoms with E-state index < -0.39 is 0 Å². The molecule has 0 saturated carbocycles. The summed E-state index contributed by atoms with van der Waals surface area (Å²) in [7, 11) is 0. The predicted octanol–water partition coefficient (Wildman–Crippen LogP) is 3.87. The Balaban J connectivity index is 1.67. The van der Waals surface area contributed by atoms with Crippen LogP contribution in [-0.4, -0.2) is 16.8 Å². The maximum Gasteiger partial charge on any atom is 0.235 e. The number of fused-ring (bicyclic) bond motifs is 1. The highest BCUT2D eigenvalue weighted by Crippen LogP contribution is 2.27. The third kappa shape index (κ3) is 3.25. The van der Waals surface area contributed by atoms with Gasteiger partial charge in [0.2, 0.25) is 5.91 Å². The average molecular weight is 298 g/mol. The van der Waals surface area contributed by atoms with Crippen LogP contribution >= 0.6 is 11.8 Å². The van der Waals surface area contributed by atoms with E-state index in [9.17, 15) is 4.79 Å². The predicted molar refractivity (Wildman–Crippen MR) is 84.5 cm³/mol. The lowest BCUT2D eigenvalue weighted by Crippen LogP contribution is -2.14. The van der Waals surface area contributed by atoms with E-state index in [-0.39, 0.29) is 5.91 Å². The van der Waals surface area contributed by atoms with Crippen LogP contribution in [0.25, 0.3) is 10.8 Å². The van der Waals surface area contributed by atoms with Crippen molar-refractivity contribution in [1.82, 2.24) is 5.16 Å². The number of amides is 1. The second kappa shape index (κ2) is 6.01. The summed E-state index contributed by atoms with van der Waals surface area (Å²) in [6.45, 7) is 1.79. The molecule has 0 radical (unpaired) electrons. The monoisotopic (exact) mass is 298 g/mol. The van der Waals surface area contributed by atoms with Crippen molar-refractivity contribution in [3.63, 3.8) is 0 Å². The van der Waals surface area contributed by atoms with Crippen LogP contribution in [-0.2, 0) is 4.79 Å². The van der Waals surface area contributed by atoms with Crippen LogP contribution in [0.4, 0.5) is 5.82 Å². The largest absolute Gasteiger partial charge is 0.360 e. The molecule has 3 aromatic rings. The molecule has 0 unspecified atom stereocenters. The van der Waals surface area contributed by atoms with Crippen LogP contribution < -0.4 is 5.32 Å². The summed E-state index contributed by atoms with van der Waals surface area (Å²) in [5.41, 5.74) is 0. The Morgan fingerprint density at radius 3 is 2.86 bits per heavy atom. The quantitative estimate of drug-likeness (QED) is 0.743. The molecule has 1 amide bonds. The molecule has 2 aromatic carbocycles. The fraction of sp³-hybridized carbons (Fsp3) is 0.125. The molecule has 1 N–H and O–H groups in total. The molecule has 21 heavy (non-hydrogen) atoms. The summed E-state index contributed by atoms with van der Waals surface area (Å²) < 4.78 is 4.91. The lowest BCUT2D eigenvalue weighted by Gasteiger charge is -2.06. The number of carbonyl (C=O) groups excluding carboxylic acids is 1. The first-order valence-electron chi connectivity index (χ1n) is 6.56. The summed E-state index contributed by atoms with van der Waals surface area (Å²) in [6, 6.07) is 15.9. The van der Waals surface area contributed by atoms with Crippen molar-refractivity contribution in [1.29, 1.82) is 0 Å². The molecule has 0 fully saturated rings. The van der Waals surface area contributed by atoms with Crippen molar-refractivity contribution in [2.45, 2.75) is 11.8 Å². The lowest BCUT2D eigenvalue weighted by molar-refractivity contribution is -0.113. The maximum absolute atomic E-state index is 11.9. The Morgan fingerprint density at radius 1 is 1.24 bits per heavy atom. The first kappa shape index (κ1) is 13.7. The molecule has 0 aliphatic carbocycles. The van der Waals surface area contributed by atoms with Gasteiger partial charge in [-0.05, 0) is 23.8 Å². The van der Waals surface area contributed by atoms with Crippen molar-refractivity contribution < 1.29 is 9.32 Å². The minimum Gasteiger partial charge on any atom is -0.360 e. The first-order chi connectivity index (χ1) is 10.2. The van der Waals surface area contributed by atoms with E-state index in [2.05, 4.69) is 28.7 Å². The molecule has 0 spiro atoms. The second-order valence-corrected chi connectivity index (χ2v) is 5.65. The van der Waals surface area contributed by atoms with E-state index in [4.69, 9.17) is 4.52 Å². The standard InChI is InChI=1S/C16H14N2O2S/c1-11-9-15(18-20-11)17-16(19)10-21-14-8-4-6-12-5-2-3-7-13(12)14/h2-9H,10H2,1H3,(H,17,18,19). The zero-order valence-electron chi connectivity index (χ0n) is 11.5. The molecule has 1 aromatic heterocycles. The summed E-state index contributed by atoms with van der Waals surface area (Å²) in [4.78, 5) is 13.0. The van der Waals surface area contributed by atoms with Crippen LogP contribution in [0.5, 0.6) is 0 Å². The van der Waals surface area contributed by atoms with E-state index in [1.54, 1.807) is 13.0 Å². The number of thioether (sulfide) groups is 1. The highest BCUT2D eigenvalue weighted by atomic mass is 32.2. The molecule has 0 bridgehead atoms. The van der Waals surface area contributed by atoms with Gasteiger partial charge in [0, 0.05) is 11.0 Å². The molecule has 0 aliphatic rings. The van der Waals surface area contributed by atoms with Crippen molar-refractivity contribution >= 4 is 34.3 Å². The summed E-state index contributed by atoms with van der Waals surface area (Å²) in [5, 5.41) is 8.80. The van der Waals surface area contributed by atoms with E-state index >= 15 is 0 Å². The molecule has 106 valence electrons. The van der Waals surface area contributed by atoms with E-state index in [0.717, 1.165) is 10.3 Å². The van der Waals surface area contributed by atoms with Crippen LogP contribution in [0.1, 0.15) is 5.76 Å². The Bertz CT molecular complexity index is 777. The van der Waals surface area contributed by atoms with Gasteiger partial charge >= 0.3 is 0 Å². The van der Waals surface area contributed by atoms with Gasteiger partial charge in [0.25, 0.3) is 0 Å². The van der Waals surface area contributed by atoms with Gasteiger partial charge in [0.05, 0.1) is 5.75 Å². The molecule has 0 saturated heterocycles. The molecule has 3 rings (SSSR count). The van der Waals surface area contributed by atoms with Crippen LogP contribution in [0.15, 0.2) is 57.9 Å². The third-order valence-electron chi connectivity index (χ3n) is 3.00. The maximum atomic E-state index is 11.9. The number of carbonyl (C=O) groups is 1. The fourth-order valence-electron chi connectivity index (χ4n) is 2.07. The minimum absolute atomic E-state index is 0.0961. The number of benzene rings is 2. The minimum atomic E-state index is -0.0961. The smallest absolute Gasteiger partial charge is 0.235 e. The zero-order chi connectivity index (χ0) is 14.7. The van der Waals surface area contributed by atoms with Gasteiger partial charge in [-0.1, -0.05) is 41.6 Å². The van der Waals surface area contributed by atoms with Crippen molar-refractivity contribution in [2.75, 3.05) is 11.1 Å². The SMILES string of the molecule is Cc1cc(NC(=O)CSc2cccc3ccccc23)no1. The van der Waals surface area contributed by atoms with Gasteiger partial charge in [-0.15, -0.1) is 11.8 Å². The fourth-order valence-corrected chi connectivity index (χ4v) is 2.94. The Labute approximate surface area is 126 Å². The van der Waals surface area contributed by atoms with Crippen molar-refractivity contribution in [3.8, 4) is 0 Å². The highest BCUT2D eigenvalue weighted by molar-refractivity contribution is 8.00. The van der Waals surface area contributed by atoms with Crippen LogP contribution in [0.2, 0.25) is 0 Å². The lowest BCUT2D eigenvalue weighted by atomic mass is 10.1. The topological polar surface area (TPSA) is 55.1 Å². The number of hydrogen-bond donors (Lipinski definition) is 1. The third-order valence-corrected chi connectivity index (χ3v) is 4.08.